The van der Waals surface area contributed by atoms with Crippen molar-refractivity contribution in [3.8, 4) is 0 Å². The first-order valence-corrected chi connectivity index (χ1v) is 9.81. The van der Waals surface area contributed by atoms with Gasteiger partial charge in [0, 0.05) is 51.5 Å². The highest BCUT2D eigenvalue weighted by Gasteiger charge is 2.22. The van der Waals surface area contributed by atoms with Crippen LogP contribution in [-0.2, 0) is 20.9 Å². The lowest BCUT2D eigenvalue weighted by Gasteiger charge is -2.35. The van der Waals surface area contributed by atoms with Gasteiger partial charge in [-0.3, -0.25) is 14.7 Å². The number of hydrogen-bond acceptors (Lipinski definition) is 5. The molecule has 0 unspecified atom stereocenters. The molecule has 1 saturated heterocycles. The molecular weight excluding hydrogens is 362 g/mol. The first-order chi connectivity index (χ1) is 13.5. The standard InChI is InChI=1S/C18H27N3O.C2H2O4/c22-18(8-7-16-4-1-2-5-16)21-12-10-20(11-13-21)15-17-6-3-9-19-14-17;3-1(4)2(5)6/h3,6,9,14,16H,1-2,4-5,7-8,10-13,15H2;(H,3,4)(H,5,6). The van der Waals surface area contributed by atoms with Gasteiger partial charge < -0.3 is 15.1 Å². The topological polar surface area (TPSA) is 111 Å². The number of carbonyl (C=O) groups is 3. The van der Waals surface area contributed by atoms with Crippen molar-refractivity contribution >= 4 is 17.8 Å². The number of piperazine rings is 1. The van der Waals surface area contributed by atoms with Gasteiger partial charge in [-0.15, -0.1) is 0 Å². The van der Waals surface area contributed by atoms with Gasteiger partial charge in [0.05, 0.1) is 0 Å². The molecule has 0 aromatic carbocycles. The van der Waals surface area contributed by atoms with E-state index in [1.165, 1.54) is 31.2 Å². The molecule has 154 valence electrons. The van der Waals surface area contributed by atoms with Crippen molar-refractivity contribution in [1.82, 2.24) is 14.8 Å². The highest BCUT2D eigenvalue weighted by molar-refractivity contribution is 6.27. The third kappa shape index (κ3) is 7.64. The van der Waals surface area contributed by atoms with E-state index in [1.54, 1.807) is 0 Å². The second-order valence-electron chi connectivity index (χ2n) is 7.32. The van der Waals surface area contributed by atoms with Gasteiger partial charge in [0.15, 0.2) is 0 Å². The summed E-state index contributed by atoms with van der Waals surface area (Å²) >= 11 is 0. The van der Waals surface area contributed by atoms with Gasteiger partial charge in [0.1, 0.15) is 0 Å². The summed E-state index contributed by atoms with van der Waals surface area (Å²) in [6.45, 7) is 4.65. The number of carbonyl (C=O) groups excluding carboxylic acids is 1. The van der Waals surface area contributed by atoms with Crippen LogP contribution in [0.2, 0.25) is 0 Å². The first kappa shape index (κ1) is 21.8. The maximum absolute atomic E-state index is 12.3. The molecule has 28 heavy (non-hydrogen) atoms. The Balaban J connectivity index is 0.000000409. The molecule has 2 aliphatic rings. The molecule has 2 fully saturated rings. The molecule has 1 amide bonds. The zero-order chi connectivity index (χ0) is 20.4. The van der Waals surface area contributed by atoms with Crippen molar-refractivity contribution < 1.29 is 24.6 Å². The molecule has 0 atom stereocenters. The van der Waals surface area contributed by atoms with Gasteiger partial charge in [0.2, 0.25) is 5.91 Å². The predicted molar refractivity (Wildman–Crippen MR) is 103 cm³/mol. The van der Waals surface area contributed by atoms with Crippen LogP contribution in [0.25, 0.3) is 0 Å². The average Bonchev–Trinajstić information content (AvgIpc) is 3.21. The molecule has 0 spiro atoms. The summed E-state index contributed by atoms with van der Waals surface area (Å²) in [5, 5.41) is 14.8. The highest BCUT2D eigenvalue weighted by atomic mass is 16.4. The van der Waals surface area contributed by atoms with E-state index >= 15 is 0 Å². The molecule has 0 bridgehead atoms. The van der Waals surface area contributed by atoms with Crippen LogP contribution < -0.4 is 0 Å². The fourth-order valence-electron chi connectivity index (χ4n) is 3.69. The Bertz CT molecular complexity index is 627. The zero-order valence-corrected chi connectivity index (χ0v) is 16.1. The summed E-state index contributed by atoms with van der Waals surface area (Å²) in [7, 11) is 0. The normalized spacial score (nSPS) is 17.6. The lowest BCUT2D eigenvalue weighted by atomic mass is 10.0. The van der Waals surface area contributed by atoms with Crippen molar-refractivity contribution in [2.75, 3.05) is 26.2 Å². The summed E-state index contributed by atoms with van der Waals surface area (Å²) in [5.74, 6) is -2.46. The summed E-state index contributed by atoms with van der Waals surface area (Å²) in [6, 6.07) is 4.10. The molecule has 1 saturated carbocycles. The van der Waals surface area contributed by atoms with E-state index in [9.17, 15) is 4.79 Å². The Morgan fingerprint density at radius 3 is 2.21 bits per heavy atom. The number of pyridine rings is 1. The van der Waals surface area contributed by atoms with Crippen molar-refractivity contribution in [2.45, 2.75) is 45.1 Å². The second-order valence-corrected chi connectivity index (χ2v) is 7.32. The number of carboxylic acids is 2. The van der Waals surface area contributed by atoms with Crippen LogP contribution in [0.5, 0.6) is 0 Å². The van der Waals surface area contributed by atoms with E-state index in [4.69, 9.17) is 19.8 Å². The van der Waals surface area contributed by atoms with Gasteiger partial charge in [0.25, 0.3) is 0 Å². The molecule has 1 aliphatic carbocycles. The molecule has 1 aromatic heterocycles. The third-order valence-corrected chi connectivity index (χ3v) is 5.28. The zero-order valence-electron chi connectivity index (χ0n) is 16.1. The highest BCUT2D eigenvalue weighted by Crippen LogP contribution is 2.28. The van der Waals surface area contributed by atoms with Crippen LogP contribution >= 0.6 is 0 Å². The molecular formula is C20H29N3O5. The number of aliphatic carboxylic acids is 2. The smallest absolute Gasteiger partial charge is 0.414 e. The molecule has 2 N–H and O–H groups in total. The predicted octanol–water partition coefficient (Wildman–Crippen LogP) is 1.85. The molecule has 1 aliphatic heterocycles. The number of carboxylic acid groups (broad SMARTS) is 2. The Kier molecular flexibility index (Phi) is 8.87. The molecule has 8 nitrogen and oxygen atoms in total. The van der Waals surface area contributed by atoms with Crippen LogP contribution in [0, 0.1) is 5.92 Å². The van der Waals surface area contributed by atoms with Gasteiger partial charge in [-0.25, -0.2) is 9.59 Å². The van der Waals surface area contributed by atoms with Crippen LogP contribution in [0.3, 0.4) is 0 Å². The SMILES string of the molecule is O=C(CCC1CCCC1)N1CCN(Cc2cccnc2)CC1.O=C(O)C(=O)O. The van der Waals surface area contributed by atoms with Crippen molar-refractivity contribution in [3.63, 3.8) is 0 Å². The Morgan fingerprint density at radius 2 is 1.68 bits per heavy atom. The van der Waals surface area contributed by atoms with E-state index in [0.29, 0.717) is 5.91 Å². The Labute approximate surface area is 165 Å². The van der Waals surface area contributed by atoms with Crippen LogP contribution in [0.1, 0.15) is 44.1 Å². The number of nitrogens with zero attached hydrogens (tertiary/aromatic N) is 3. The maximum Gasteiger partial charge on any atom is 0.414 e. The van der Waals surface area contributed by atoms with E-state index < -0.39 is 11.9 Å². The van der Waals surface area contributed by atoms with E-state index in [-0.39, 0.29) is 0 Å². The van der Waals surface area contributed by atoms with Crippen LogP contribution in [0.4, 0.5) is 0 Å². The third-order valence-electron chi connectivity index (χ3n) is 5.28. The van der Waals surface area contributed by atoms with Crippen molar-refractivity contribution in [2.24, 2.45) is 5.92 Å². The quantitative estimate of drug-likeness (QED) is 0.737. The molecule has 3 rings (SSSR count). The summed E-state index contributed by atoms with van der Waals surface area (Å²) < 4.78 is 0. The van der Waals surface area contributed by atoms with Crippen LogP contribution in [0.15, 0.2) is 24.5 Å². The molecule has 8 heteroatoms. The summed E-state index contributed by atoms with van der Waals surface area (Å²) in [5.41, 5.74) is 1.25. The molecule has 0 radical (unpaired) electrons. The number of aromatic nitrogens is 1. The molecule has 1 aromatic rings. The van der Waals surface area contributed by atoms with E-state index in [0.717, 1.165) is 51.5 Å². The van der Waals surface area contributed by atoms with Crippen molar-refractivity contribution in [1.29, 1.82) is 0 Å². The number of hydrogen-bond donors (Lipinski definition) is 2. The first-order valence-electron chi connectivity index (χ1n) is 9.81. The average molecular weight is 391 g/mol. The lowest BCUT2D eigenvalue weighted by Crippen LogP contribution is -2.48. The minimum absolute atomic E-state index is 0.368. The number of rotatable bonds is 5. The Morgan fingerprint density at radius 1 is 1.04 bits per heavy atom. The maximum atomic E-state index is 12.3. The largest absolute Gasteiger partial charge is 0.473 e. The summed E-state index contributed by atoms with van der Waals surface area (Å²) in [4.78, 5) is 39.2. The Hall–Kier alpha value is -2.48. The monoisotopic (exact) mass is 391 g/mol. The van der Waals surface area contributed by atoms with E-state index in [2.05, 4.69) is 20.9 Å². The minimum Gasteiger partial charge on any atom is -0.473 e. The number of amides is 1. The fourth-order valence-corrected chi connectivity index (χ4v) is 3.69. The van der Waals surface area contributed by atoms with Gasteiger partial charge in [-0.2, -0.15) is 0 Å². The fraction of sp³-hybridized carbons (Fsp3) is 0.600. The van der Waals surface area contributed by atoms with Gasteiger partial charge in [-0.1, -0.05) is 31.7 Å². The minimum atomic E-state index is -1.82. The molecule has 2 heterocycles. The van der Waals surface area contributed by atoms with Gasteiger partial charge in [-0.05, 0) is 24.0 Å². The van der Waals surface area contributed by atoms with Gasteiger partial charge >= 0.3 is 11.9 Å². The lowest BCUT2D eigenvalue weighted by molar-refractivity contribution is -0.159. The second kappa shape index (κ2) is 11.4. The summed E-state index contributed by atoms with van der Waals surface area (Å²) in [6.07, 6.45) is 11.0. The van der Waals surface area contributed by atoms with Crippen molar-refractivity contribution in [3.05, 3.63) is 30.1 Å². The van der Waals surface area contributed by atoms with E-state index in [1.807, 2.05) is 18.5 Å². The van der Waals surface area contributed by atoms with Crippen LogP contribution in [-0.4, -0.2) is 69.0 Å².